The van der Waals surface area contributed by atoms with E-state index in [2.05, 4.69) is 66.0 Å². The van der Waals surface area contributed by atoms with Crippen molar-refractivity contribution >= 4 is 0 Å². The average molecular weight is 503 g/mol. The lowest BCUT2D eigenvalue weighted by molar-refractivity contribution is 0.255. The molecule has 2 fully saturated rings. The molecule has 3 rings (SSSR count). The van der Waals surface area contributed by atoms with E-state index in [1.165, 1.54) is 36.8 Å². The highest BCUT2D eigenvalue weighted by atomic mass is 15.1. The highest BCUT2D eigenvalue weighted by Crippen LogP contribution is 2.11. The molecule has 0 aromatic heterocycles. The zero-order valence-electron chi connectivity index (χ0n) is 22.8. The molecule has 2 aliphatic rings. The Morgan fingerprint density at radius 3 is 1.17 bits per heavy atom. The molecule has 2 saturated heterocycles. The maximum atomic E-state index is 3.63. The molecule has 1 aromatic rings. The summed E-state index contributed by atoms with van der Waals surface area (Å²) in [5, 5.41) is 21.3. The van der Waals surface area contributed by atoms with E-state index in [4.69, 9.17) is 0 Å². The first-order valence-electron chi connectivity index (χ1n) is 14.7. The van der Waals surface area contributed by atoms with Gasteiger partial charge in [0.05, 0.1) is 0 Å². The van der Waals surface area contributed by atoms with Gasteiger partial charge >= 0.3 is 0 Å². The zero-order chi connectivity index (χ0) is 24.9. The SMILES string of the molecule is c1cc(CN2CCCNCCNCCCNCC2)ccc1CN1CCCNCCNCCNCCC1. The molecule has 36 heavy (non-hydrogen) atoms. The lowest BCUT2D eigenvalue weighted by Gasteiger charge is -2.24. The number of nitrogens with one attached hydrogen (secondary N) is 6. The first-order chi connectivity index (χ1) is 17.9. The molecule has 1 aromatic carbocycles. The summed E-state index contributed by atoms with van der Waals surface area (Å²) in [7, 11) is 0. The van der Waals surface area contributed by atoms with Crippen molar-refractivity contribution < 1.29 is 0 Å². The fourth-order valence-electron chi connectivity index (χ4n) is 4.95. The van der Waals surface area contributed by atoms with Crippen molar-refractivity contribution in [2.24, 2.45) is 0 Å². The molecule has 0 spiro atoms. The predicted molar refractivity (Wildman–Crippen MR) is 153 cm³/mol. The third kappa shape index (κ3) is 14.0. The summed E-state index contributed by atoms with van der Waals surface area (Å²) in [6.45, 7) is 19.6. The van der Waals surface area contributed by atoms with Crippen LogP contribution in [0.4, 0.5) is 0 Å². The second kappa shape index (κ2) is 19.9. The fraction of sp³-hybridized carbons (Fsp3) is 0.786. The normalized spacial score (nSPS) is 22.9. The van der Waals surface area contributed by atoms with Crippen molar-refractivity contribution in [3.63, 3.8) is 0 Å². The maximum absolute atomic E-state index is 3.63. The minimum Gasteiger partial charge on any atom is -0.315 e. The second-order valence-electron chi connectivity index (χ2n) is 10.3. The minimum absolute atomic E-state index is 1.04. The Balaban J connectivity index is 1.45. The highest BCUT2D eigenvalue weighted by molar-refractivity contribution is 5.22. The quantitative estimate of drug-likeness (QED) is 0.354. The second-order valence-corrected chi connectivity index (χ2v) is 10.3. The third-order valence-corrected chi connectivity index (χ3v) is 7.07. The van der Waals surface area contributed by atoms with Crippen LogP contribution in [0.25, 0.3) is 0 Å². The predicted octanol–water partition coefficient (Wildman–Crippen LogP) is 0.416. The number of rotatable bonds is 4. The van der Waals surface area contributed by atoms with E-state index in [0.717, 1.165) is 118 Å². The van der Waals surface area contributed by atoms with E-state index < -0.39 is 0 Å². The van der Waals surface area contributed by atoms with Crippen LogP contribution in [0.2, 0.25) is 0 Å². The van der Waals surface area contributed by atoms with Crippen molar-refractivity contribution in [2.45, 2.75) is 38.8 Å². The summed E-state index contributed by atoms with van der Waals surface area (Å²) < 4.78 is 0. The van der Waals surface area contributed by atoms with Crippen LogP contribution < -0.4 is 31.9 Å². The van der Waals surface area contributed by atoms with Gasteiger partial charge in [-0.3, -0.25) is 9.80 Å². The van der Waals surface area contributed by atoms with Gasteiger partial charge in [-0.15, -0.1) is 0 Å². The maximum Gasteiger partial charge on any atom is 0.0234 e. The molecule has 8 heteroatoms. The largest absolute Gasteiger partial charge is 0.315 e. The Morgan fingerprint density at radius 2 is 0.722 bits per heavy atom. The highest BCUT2D eigenvalue weighted by Gasteiger charge is 2.09. The van der Waals surface area contributed by atoms with Gasteiger partial charge in [0.1, 0.15) is 0 Å². The van der Waals surface area contributed by atoms with Crippen LogP contribution in [0.1, 0.15) is 36.8 Å². The van der Waals surface area contributed by atoms with Gasteiger partial charge in [-0.1, -0.05) is 24.3 Å². The van der Waals surface area contributed by atoms with Crippen LogP contribution in [-0.2, 0) is 13.1 Å². The van der Waals surface area contributed by atoms with Gasteiger partial charge in [0.15, 0.2) is 0 Å². The van der Waals surface area contributed by atoms with Gasteiger partial charge in [-0.25, -0.2) is 0 Å². The van der Waals surface area contributed by atoms with E-state index in [1.54, 1.807) is 0 Å². The Bertz CT molecular complexity index is 558. The van der Waals surface area contributed by atoms with E-state index in [0.29, 0.717) is 0 Å². The summed E-state index contributed by atoms with van der Waals surface area (Å²) in [6.07, 6.45) is 4.82. The van der Waals surface area contributed by atoms with Gasteiger partial charge in [0.2, 0.25) is 0 Å². The first-order valence-corrected chi connectivity index (χ1v) is 14.7. The van der Waals surface area contributed by atoms with E-state index in [9.17, 15) is 0 Å². The van der Waals surface area contributed by atoms with Crippen LogP contribution in [0.15, 0.2) is 24.3 Å². The van der Waals surface area contributed by atoms with Crippen LogP contribution in [0, 0.1) is 0 Å². The van der Waals surface area contributed by atoms with Crippen LogP contribution in [0.5, 0.6) is 0 Å². The Morgan fingerprint density at radius 1 is 0.389 bits per heavy atom. The average Bonchev–Trinajstić information content (AvgIpc) is 2.89. The van der Waals surface area contributed by atoms with Crippen molar-refractivity contribution in [1.82, 2.24) is 41.7 Å². The molecule has 8 nitrogen and oxygen atoms in total. The first kappa shape index (κ1) is 29.5. The lowest BCUT2D eigenvalue weighted by atomic mass is 10.1. The summed E-state index contributed by atoms with van der Waals surface area (Å²) >= 11 is 0. The summed E-state index contributed by atoms with van der Waals surface area (Å²) in [5.74, 6) is 0. The molecule has 0 bridgehead atoms. The molecule has 0 saturated carbocycles. The van der Waals surface area contributed by atoms with Gasteiger partial charge in [0, 0.05) is 65.4 Å². The molecular formula is C28H54N8. The monoisotopic (exact) mass is 502 g/mol. The lowest BCUT2D eigenvalue weighted by Crippen LogP contribution is -2.36. The van der Waals surface area contributed by atoms with Gasteiger partial charge < -0.3 is 31.9 Å². The smallest absolute Gasteiger partial charge is 0.0234 e. The van der Waals surface area contributed by atoms with Gasteiger partial charge in [-0.05, 0) is 89.2 Å². The van der Waals surface area contributed by atoms with Crippen LogP contribution in [-0.4, -0.2) is 115 Å². The fourth-order valence-corrected chi connectivity index (χ4v) is 4.95. The van der Waals surface area contributed by atoms with Crippen molar-refractivity contribution in [2.75, 3.05) is 105 Å². The topological polar surface area (TPSA) is 78.7 Å². The molecule has 0 atom stereocenters. The van der Waals surface area contributed by atoms with Gasteiger partial charge in [0.25, 0.3) is 0 Å². The zero-order valence-corrected chi connectivity index (χ0v) is 22.8. The number of hydrogen-bond acceptors (Lipinski definition) is 8. The number of nitrogens with zero attached hydrogens (tertiary/aromatic N) is 2. The van der Waals surface area contributed by atoms with Gasteiger partial charge in [-0.2, -0.15) is 0 Å². The molecule has 0 unspecified atom stereocenters. The van der Waals surface area contributed by atoms with E-state index in [-0.39, 0.29) is 0 Å². The van der Waals surface area contributed by atoms with Crippen molar-refractivity contribution in [1.29, 1.82) is 0 Å². The number of hydrogen-bond donors (Lipinski definition) is 6. The molecule has 206 valence electrons. The third-order valence-electron chi connectivity index (χ3n) is 7.07. The molecule has 2 aliphatic heterocycles. The Labute approximate surface area is 220 Å². The molecule has 6 N–H and O–H groups in total. The Hall–Kier alpha value is -1.10. The summed E-state index contributed by atoms with van der Waals surface area (Å²) in [4.78, 5) is 5.25. The van der Waals surface area contributed by atoms with E-state index in [1.807, 2.05) is 0 Å². The molecular weight excluding hydrogens is 448 g/mol. The number of benzene rings is 1. The molecule has 0 amide bonds. The van der Waals surface area contributed by atoms with Crippen LogP contribution >= 0.6 is 0 Å². The molecule has 0 aliphatic carbocycles. The van der Waals surface area contributed by atoms with Crippen LogP contribution in [0.3, 0.4) is 0 Å². The van der Waals surface area contributed by atoms with Crippen molar-refractivity contribution in [3.8, 4) is 0 Å². The van der Waals surface area contributed by atoms with Crippen molar-refractivity contribution in [3.05, 3.63) is 35.4 Å². The van der Waals surface area contributed by atoms with E-state index >= 15 is 0 Å². The Kier molecular flexibility index (Phi) is 16.3. The summed E-state index contributed by atoms with van der Waals surface area (Å²) in [5.41, 5.74) is 2.87. The summed E-state index contributed by atoms with van der Waals surface area (Å²) in [6, 6.07) is 9.44. The molecule has 0 radical (unpaired) electrons. The molecule has 2 heterocycles. The minimum atomic E-state index is 1.04. The standard InChI is InChI=1S/C28H54N8/c1-9-29-14-15-30-13-4-23-36(24-20-33-10-1)26-28-7-5-27(6-8-28)25-35-21-2-11-31-16-18-34-19-17-32-12-3-22-35/h5-8,29-34H,1-4,9-26H2.